The number of benzene rings is 1. The van der Waals surface area contributed by atoms with Gasteiger partial charge in [-0.05, 0) is 12.8 Å². The molecule has 0 aromatic heterocycles. The minimum Gasteiger partial charge on any atom is -0.294 e. The Hall–Kier alpha value is -0.630. The summed E-state index contributed by atoms with van der Waals surface area (Å²) in [7, 11) is 0. The van der Waals surface area contributed by atoms with Gasteiger partial charge in [0.05, 0.1) is 0 Å². The number of halogens is 1. The van der Waals surface area contributed by atoms with E-state index in [0.717, 1.165) is 18.4 Å². The number of rotatable bonds is 5. The molecule has 14 heavy (non-hydrogen) atoms. The molecule has 1 rings (SSSR count). The minimum absolute atomic E-state index is 0.249. The van der Waals surface area contributed by atoms with Crippen molar-refractivity contribution in [3.63, 3.8) is 0 Å². The molecule has 1 nitrogen and oxygen atoms in total. The second-order valence-electron chi connectivity index (χ2n) is 3.46. The summed E-state index contributed by atoms with van der Waals surface area (Å²) in [6.07, 6.45) is 2.67. The first-order valence-corrected chi connectivity index (χ1v) is 5.84. The summed E-state index contributed by atoms with van der Waals surface area (Å²) in [4.78, 5) is 12.1. The van der Waals surface area contributed by atoms with Gasteiger partial charge in [-0.1, -0.05) is 53.2 Å². The van der Waals surface area contributed by atoms with Crippen LogP contribution in [0.15, 0.2) is 30.3 Å². The number of carbonyl (C=O) groups excluding carboxylic acids is 1. The van der Waals surface area contributed by atoms with Crippen LogP contribution in [0.5, 0.6) is 0 Å². The maximum absolute atomic E-state index is 11.6. The average molecular weight is 255 g/mol. The van der Waals surface area contributed by atoms with Crippen LogP contribution in [0.1, 0.15) is 36.5 Å². The molecule has 0 aliphatic carbocycles. The van der Waals surface area contributed by atoms with Crippen LogP contribution < -0.4 is 0 Å². The Morgan fingerprint density at radius 1 is 1.36 bits per heavy atom. The molecule has 0 amide bonds. The smallest absolute Gasteiger partial charge is 0.162 e. The largest absolute Gasteiger partial charge is 0.294 e. The fraction of sp³-hybridized carbons (Fsp3) is 0.417. The Bertz CT molecular complexity index is 280. The summed E-state index contributed by atoms with van der Waals surface area (Å²) < 4.78 is 0. The van der Waals surface area contributed by atoms with Crippen LogP contribution in [0.4, 0.5) is 0 Å². The lowest BCUT2D eigenvalue weighted by Gasteiger charge is -2.02. The molecule has 76 valence electrons. The average Bonchev–Trinajstić information content (AvgIpc) is 2.18. The number of Topliss-reactive ketones (excluding diaryl/α,β-unsaturated/α-hetero) is 1. The summed E-state index contributed by atoms with van der Waals surface area (Å²) in [5.74, 6) is 0.249. The van der Waals surface area contributed by atoms with E-state index in [1.165, 1.54) is 0 Å². The quantitative estimate of drug-likeness (QED) is 0.577. The fourth-order valence-electron chi connectivity index (χ4n) is 1.31. The molecular formula is C12H15BrO. The zero-order valence-corrected chi connectivity index (χ0v) is 9.96. The van der Waals surface area contributed by atoms with Crippen molar-refractivity contribution in [2.45, 2.75) is 31.0 Å². The molecule has 0 N–H and O–H groups in total. The molecule has 0 saturated heterocycles. The van der Waals surface area contributed by atoms with E-state index in [4.69, 9.17) is 0 Å². The molecule has 1 aromatic carbocycles. The number of hydrogen-bond donors (Lipinski definition) is 0. The van der Waals surface area contributed by atoms with Crippen LogP contribution in [0.3, 0.4) is 0 Å². The van der Waals surface area contributed by atoms with Gasteiger partial charge in [0, 0.05) is 16.8 Å². The van der Waals surface area contributed by atoms with Gasteiger partial charge >= 0.3 is 0 Å². The van der Waals surface area contributed by atoms with Crippen molar-refractivity contribution in [2.75, 3.05) is 0 Å². The van der Waals surface area contributed by atoms with Gasteiger partial charge in [0.1, 0.15) is 0 Å². The van der Waals surface area contributed by atoms with E-state index in [1.807, 2.05) is 30.3 Å². The zero-order chi connectivity index (χ0) is 10.4. The highest BCUT2D eigenvalue weighted by molar-refractivity contribution is 9.09. The molecule has 0 unspecified atom stereocenters. The summed E-state index contributed by atoms with van der Waals surface area (Å²) in [5, 5.41) is 0. The van der Waals surface area contributed by atoms with Crippen LogP contribution in [-0.4, -0.2) is 10.6 Å². The standard InChI is InChI=1S/C12H15BrO/c1-10(13)6-5-9-12(14)11-7-3-2-4-8-11/h2-4,7-8,10H,5-6,9H2,1H3/t10-/m1/s1. The molecule has 0 heterocycles. The first-order chi connectivity index (χ1) is 6.70. The van der Waals surface area contributed by atoms with Crippen molar-refractivity contribution in [1.29, 1.82) is 0 Å². The van der Waals surface area contributed by atoms with Gasteiger partial charge in [-0.3, -0.25) is 4.79 Å². The third-order valence-electron chi connectivity index (χ3n) is 2.10. The first kappa shape index (κ1) is 11.4. The lowest BCUT2D eigenvalue weighted by molar-refractivity contribution is 0.0979. The molecular weight excluding hydrogens is 240 g/mol. The van der Waals surface area contributed by atoms with Gasteiger partial charge in [0.15, 0.2) is 5.78 Å². The normalized spacial score (nSPS) is 12.4. The van der Waals surface area contributed by atoms with Gasteiger partial charge in [-0.25, -0.2) is 0 Å². The van der Waals surface area contributed by atoms with Gasteiger partial charge in [0.25, 0.3) is 0 Å². The van der Waals surface area contributed by atoms with Crippen LogP contribution >= 0.6 is 15.9 Å². The van der Waals surface area contributed by atoms with E-state index in [2.05, 4.69) is 22.9 Å². The zero-order valence-electron chi connectivity index (χ0n) is 8.37. The Labute approximate surface area is 93.7 Å². The topological polar surface area (TPSA) is 17.1 Å². The second-order valence-corrected chi connectivity index (χ2v) is 5.03. The molecule has 0 aliphatic heterocycles. The van der Waals surface area contributed by atoms with Crippen molar-refractivity contribution in [3.05, 3.63) is 35.9 Å². The summed E-state index contributed by atoms with van der Waals surface area (Å²) >= 11 is 3.47. The van der Waals surface area contributed by atoms with E-state index in [9.17, 15) is 4.79 Å². The highest BCUT2D eigenvalue weighted by atomic mass is 79.9. The summed E-state index contributed by atoms with van der Waals surface area (Å²) in [6.45, 7) is 2.10. The maximum atomic E-state index is 11.6. The van der Waals surface area contributed by atoms with E-state index in [-0.39, 0.29) is 5.78 Å². The van der Waals surface area contributed by atoms with E-state index in [0.29, 0.717) is 11.2 Å². The van der Waals surface area contributed by atoms with Crippen molar-refractivity contribution in [2.24, 2.45) is 0 Å². The lowest BCUT2D eigenvalue weighted by Crippen LogP contribution is -2.00. The Kier molecular flexibility index (Phi) is 4.88. The summed E-state index contributed by atoms with van der Waals surface area (Å²) in [6, 6.07) is 9.48. The van der Waals surface area contributed by atoms with Crippen LogP contribution in [0, 0.1) is 0 Å². The first-order valence-electron chi connectivity index (χ1n) is 4.92. The van der Waals surface area contributed by atoms with Crippen LogP contribution in [0.25, 0.3) is 0 Å². The highest BCUT2D eigenvalue weighted by Crippen LogP contribution is 2.11. The molecule has 0 spiro atoms. The molecule has 0 bridgehead atoms. The third kappa shape index (κ3) is 4.05. The van der Waals surface area contributed by atoms with Crippen LogP contribution in [-0.2, 0) is 0 Å². The van der Waals surface area contributed by atoms with Gasteiger partial charge in [-0.15, -0.1) is 0 Å². The number of alkyl halides is 1. The lowest BCUT2D eigenvalue weighted by atomic mass is 10.1. The predicted octanol–water partition coefficient (Wildman–Crippen LogP) is 3.82. The Morgan fingerprint density at radius 2 is 2.00 bits per heavy atom. The predicted molar refractivity (Wildman–Crippen MR) is 63.0 cm³/mol. The number of hydrogen-bond acceptors (Lipinski definition) is 1. The molecule has 0 saturated carbocycles. The summed E-state index contributed by atoms with van der Waals surface area (Å²) in [5.41, 5.74) is 0.828. The van der Waals surface area contributed by atoms with E-state index >= 15 is 0 Å². The SMILES string of the molecule is C[C@@H](Br)CCCC(=O)c1ccccc1. The maximum Gasteiger partial charge on any atom is 0.162 e. The third-order valence-corrected chi connectivity index (χ3v) is 2.56. The van der Waals surface area contributed by atoms with Crippen LogP contribution in [0.2, 0.25) is 0 Å². The van der Waals surface area contributed by atoms with Crippen molar-refractivity contribution in [1.82, 2.24) is 0 Å². The van der Waals surface area contributed by atoms with Gasteiger partial charge in [0.2, 0.25) is 0 Å². The monoisotopic (exact) mass is 254 g/mol. The fourth-order valence-corrected chi connectivity index (χ4v) is 1.64. The molecule has 0 aliphatic rings. The van der Waals surface area contributed by atoms with Gasteiger partial charge in [-0.2, -0.15) is 0 Å². The van der Waals surface area contributed by atoms with Crippen molar-refractivity contribution >= 4 is 21.7 Å². The van der Waals surface area contributed by atoms with E-state index < -0.39 is 0 Å². The second kappa shape index (κ2) is 5.97. The minimum atomic E-state index is 0.249. The highest BCUT2D eigenvalue weighted by Gasteiger charge is 2.05. The molecule has 2 heteroatoms. The molecule has 0 radical (unpaired) electrons. The van der Waals surface area contributed by atoms with Crippen molar-refractivity contribution in [3.8, 4) is 0 Å². The van der Waals surface area contributed by atoms with E-state index in [1.54, 1.807) is 0 Å². The molecule has 1 aromatic rings. The Morgan fingerprint density at radius 3 is 2.57 bits per heavy atom. The van der Waals surface area contributed by atoms with Gasteiger partial charge < -0.3 is 0 Å². The van der Waals surface area contributed by atoms with Crippen molar-refractivity contribution < 1.29 is 4.79 Å². The number of ketones is 1. The molecule has 1 atom stereocenters. The number of carbonyl (C=O) groups is 1. The Balaban J connectivity index is 2.36. The molecule has 0 fully saturated rings.